The molecule has 0 fully saturated rings. The quantitative estimate of drug-likeness (QED) is 0.614. The highest BCUT2D eigenvalue weighted by Gasteiger charge is 2.35. The minimum atomic E-state index is -4.49. The molecule has 2 aliphatic rings. The molecule has 2 aliphatic heterocycles. The zero-order valence-electron chi connectivity index (χ0n) is 17.9. The zero-order valence-corrected chi connectivity index (χ0v) is 17.9. The number of hydrogen-bond acceptors (Lipinski definition) is 5. The predicted molar refractivity (Wildman–Crippen MR) is 111 cm³/mol. The van der Waals surface area contributed by atoms with Crippen LogP contribution in [-0.4, -0.2) is 45.7 Å². The number of rotatable bonds is 3. The van der Waals surface area contributed by atoms with Crippen LogP contribution in [0.15, 0.2) is 30.6 Å². The predicted octanol–water partition coefficient (Wildman–Crippen LogP) is 3.62. The topological polar surface area (TPSA) is 57.3 Å². The number of halogens is 3. The van der Waals surface area contributed by atoms with Gasteiger partial charge in [-0.15, -0.1) is 5.10 Å². The first-order valence-electron chi connectivity index (χ1n) is 10.6. The van der Waals surface area contributed by atoms with E-state index in [1.165, 1.54) is 19.2 Å². The van der Waals surface area contributed by atoms with E-state index in [0.29, 0.717) is 31.7 Å². The van der Waals surface area contributed by atoms with Gasteiger partial charge in [0.2, 0.25) is 0 Å². The Labute approximate surface area is 183 Å². The van der Waals surface area contributed by atoms with Crippen molar-refractivity contribution in [3.63, 3.8) is 0 Å². The number of fused-ring (bicyclic) bond motifs is 2. The minimum Gasteiger partial charge on any atom is -0.496 e. The average Bonchev–Trinajstić information content (AvgIpc) is 3.32. The van der Waals surface area contributed by atoms with Crippen LogP contribution in [0, 0.1) is 0 Å². The van der Waals surface area contributed by atoms with E-state index in [4.69, 9.17) is 14.6 Å². The Morgan fingerprint density at radius 3 is 2.84 bits per heavy atom. The molecule has 0 bridgehead atoms. The van der Waals surface area contributed by atoms with Gasteiger partial charge in [-0.2, -0.15) is 13.2 Å². The third-order valence-electron chi connectivity index (χ3n) is 6.08. The summed E-state index contributed by atoms with van der Waals surface area (Å²) in [5.41, 5.74) is 1.76. The van der Waals surface area contributed by atoms with Gasteiger partial charge in [0.05, 0.1) is 43.3 Å². The zero-order chi connectivity index (χ0) is 22.5. The lowest BCUT2D eigenvalue weighted by Gasteiger charge is -2.28. The minimum absolute atomic E-state index is 0.0175. The van der Waals surface area contributed by atoms with E-state index in [1.54, 1.807) is 10.9 Å². The Morgan fingerprint density at radius 1 is 1.22 bits per heavy atom. The van der Waals surface area contributed by atoms with E-state index >= 15 is 0 Å². The van der Waals surface area contributed by atoms with Crippen molar-refractivity contribution in [2.75, 3.05) is 25.2 Å². The summed E-state index contributed by atoms with van der Waals surface area (Å²) in [6.45, 7) is 4.78. The molecule has 1 atom stereocenters. The maximum atomic E-state index is 13.4. The normalized spacial score (nSPS) is 18.8. The molecular formula is C22H24F3N5O2. The number of nitrogens with zero attached hydrogens (tertiary/aromatic N) is 5. The molecule has 3 aromatic rings. The van der Waals surface area contributed by atoms with Crippen LogP contribution >= 0.6 is 0 Å². The van der Waals surface area contributed by atoms with Gasteiger partial charge in [0.1, 0.15) is 11.6 Å². The number of hydrogen-bond donors (Lipinski definition) is 0. The highest BCUT2D eigenvalue weighted by molar-refractivity contribution is 5.55. The van der Waals surface area contributed by atoms with Gasteiger partial charge in [0.15, 0.2) is 5.82 Å². The maximum absolute atomic E-state index is 13.4. The van der Waals surface area contributed by atoms with Crippen LogP contribution in [0.25, 0.3) is 5.69 Å². The average molecular weight is 447 g/mol. The molecule has 10 heteroatoms. The lowest BCUT2D eigenvalue weighted by molar-refractivity contribution is -0.138. The number of ether oxygens (including phenoxy) is 2. The van der Waals surface area contributed by atoms with Crippen molar-refractivity contribution in [1.29, 1.82) is 0 Å². The van der Waals surface area contributed by atoms with Crippen molar-refractivity contribution in [2.24, 2.45) is 0 Å². The van der Waals surface area contributed by atoms with Crippen LogP contribution in [0.2, 0.25) is 0 Å². The van der Waals surface area contributed by atoms with Crippen molar-refractivity contribution in [3.05, 3.63) is 53.2 Å². The summed E-state index contributed by atoms with van der Waals surface area (Å²) in [5.74, 6) is 1.58. The number of aromatic nitrogens is 4. The van der Waals surface area contributed by atoms with Crippen molar-refractivity contribution in [1.82, 2.24) is 19.3 Å². The molecule has 5 rings (SSSR count). The second kappa shape index (κ2) is 7.84. The Bertz CT molecular complexity index is 1140. The molecule has 0 unspecified atom stereocenters. The van der Waals surface area contributed by atoms with E-state index < -0.39 is 11.7 Å². The Kier molecular flexibility index (Phi) is 5.11. The van der Waals surface area contributed by atoms with Crippen LogP contribution in [0.1, 0.15) is 29.6 Å². The summed E-state index contributed by atoms with van der Waals surface area (Å²) < 4.78 is 54.9. The molecule has 4 heterocycles. The van der Waals surface area contributed by atoms with E-state index in [2.05, 4.69) is 14.5 Å². The summed E-state index contributed by atoms with van der Waals surface area (Å²) in [6, 6.07) is 3.90. The third-order valence-corrected chi connectivity index (χ3v) is 6.08. The number of benzene rings is 1. The first kappa shape index (κ1) is 20.9. The van der Waals surface area contributed by atoms with E-state index in [0.717, 1.165) is 42.1 Å². The summed E-state index contributed by atoms with van der Waals surface area (Å²) in [6.07, 6.45) is 0.564. The van der Waals surface area contributed by atoms with Crippen LogP contribution in [0.3, 0.4) is 0 Å². The van der Waals surface area contributed by atoms with Crippen molar-refractivity contribution in [2.45, 2.75) is 45.1 Å². The summed E-state index contributed by atoms with van der Waals surface area (Å²) >= 11 is 0. The molecule has 7 nitrogen and oxygen atoms in total. The van der Waals surface area contributed by atoms with Gasteiger partial charge >= 0.3 is 6.18 Å². The van der Waals surface area contributed by atoms with E-state index in [1.807, 2.05) is 13.1 Å². The molecule has 1 aromatic carbocycles. The lowest BCUT2D eigenvalue weighted by Crippen LogP contribution is -2.34. The molecule has 0 saturated carbocycles. The lowest BCUT2D eigenvalue weighted by atomic mass is 10.1. The van der Waals surface area contributed by atoms with Crippen molar-refractivity contribution in [3.8, 4) is 11.4 Å². The van der Waals surface area contributed by atoms with Gasteiger partial charge in [0, 0.05) is 50.0 Å². The molecule has 0 radical (unpaired) electrons. The second-order valence-corrected chi connectivity index (χ2v) is 8.14. The SMILES string of the molecule is COc1cc(-n2nc(N3CCn4ccnc4C3)c3c2C[C@@H](C)OCC3)ccc1C(F)(F)F. The number of alkyl halides is 3. The van der Waals surface area contributed by atoms with Crippen LogP contribution in [0.4, 0.5) is 19.0 Å². The molecular weight excluding hydrogens is 423 g/mol. The molecule has 2 aromatic heterocycles. The maximum Gasteiger partial charge on any atom is 0.419 e. The fourth-order valence-electron chi connectivity index (χ4n) is 4.50. The Morgan fingerprint density at radius 2 is 2.06 bits per heavy atom. The van der Waals surface area contributed by atoms with Gasteiger partial charge in [-0.25, -0.2) is 9.67 Å². The number of imidazole rings is 1. The fraction of sp³-hybridized carbons (Fsp3) is 0.455. The largest absolute Gasteiger partial charge is 0.496 e. The number of methoxy groups -OCH3 is 1. The molecule has 0 N–H and O–H groups in total. The highest BCUT2D eigenvalue weighted by atomic mass is 19.4. The standard InChI is InChI=1S/C22H24F3N5O2/c1-14-11-18-16(5-10-32-14)21(29-9-8-28-7-6-26-20(28)13-29)27-30(18)15-3-4-17(22(23,24)25)19(12-15)31-2/h3-4,6-7,12,14H,5,8-11,13H2,1-2H3/t14-/m1/s1. The summed E-state index contributed by atoms with van der Waals surface area (Å²) in [4.78, 5) is 6.62. The molecule has 0 saturated heterocycles. The number of anilines is 1. The molecule has 0 spiro atoms. The van der Waals surface area contributed by atoms with Crippen molar-refractivity contribution >= 4 is 5.82 Å². The van der Waals surface area contributed by atoms with Crippen LogP contribution < -0.4 is 9.64 Å². The van der Waals surface area contributed by atoms with E-state index in [-0.39, 0.29) is 11.9 Å². The van der Waals surface area contributed by atoms with Gasteiger partial charge in [-0.1, -0.05) is 0 Å². The first-order valence-corrected chi connectivity index (χ1v) is 10.6. The van der Waals surface area contributed by atoms with Gasteiger partial charge < -0.3 is 18.9 Å². The Hall–Kier alpha value is -3.01. The highest BCUT2D eigenvalue weighted by Crippen LogP contribution is 2.38. The first-order chi connectivity index (χ1) is 15.3. The molecule has 0 amide bonds. The summed E-state index contributed by atoms with van der Waals surface area (Å²) in [5, 5.41) is 4.90. The molecule has 0 aliphatic carbocycles. The van der Waals surface area contributed by atoms with Crippen LogP contribution in [-0.2, 0) is 36.8 Å². The van der Waals surface area contributed by atoms with Crippen molar-refractivity contribution < 1.29 is 22.6 Å². The monoisotopic (exact) mass is 447 g/mol. The third kappa shape index (κ3) is 3.62. The van der Waals surface area contributed by atoms with E-state index in [9.17, 15) is 13.2 Å². The van der Waals surface area contributed by atoms with Gasteiger partial charge in [0.25, 0.3) is 0 Å². The smallest absolute Gasteiger partial charge is 0.419 e. The summed E-state index contributed by atoms with van der Waals surface area (Å²) in [7, 11) is 1.25. The molecule has 170 valence electrons. The van der Waals surface area contributed by atoms with Gasteiger partial charge in [-0.3, -0.25) is 0 Å². The fourth-order valence-corrected chi connectivity index (χ4v) is 4.50. The molecule has 32 heavy (non-hydrogen) atoms. The second-order valence-electron chi connectivity index (χ2n) is 8.14. The van der Waals surface area contributed by atoms with Crippen LogP contribution in [0.5, 0.6) is 5.75 Å². The Balaban J connectivity index is 1.60. The van der Waals surface area contributed by atoms with Gasteiger partial charge in [-0.05, 0) is 19.1 Å².